The average Bonchev–Trinajstić information content (AvgIpc) is 3.52. The van der Waals surface area contributed by atoms with E-state index in [4.69, 9.17) is 4.42 Å². The Morgan fingerprint density at radius 2 is 1.41 bits per heavy atom. The SMILES string of the molecule is Brc1ccc2c(c1)c1c3oc4ccccc4c3ccc1n2-c1ccc2sc3ccccc3c2c1. The first kappa shape index (κ1) is 18.8. The maximum absolute atomic E-state index is 6.45. The quantitative estimate of drug-likeness (QED) is 0.212. The number of aromatic nitrogens is 1. The summed E-state index contributed by atoms with van der Waals surface area (Å²) in [6.45, 7) is 0. The lowest BCUT2D eigenvalue weighted by Gasteiger charge is -2.08. The summed E-state index contributed by atoms with van der Waals surface area (Å²) in [4.78, 5) is 0. The molecule has 0 fully saturated rings. The Kier molecular flexibility index (Phi) is 3.71. The first-order valence-corrected chi connectivity index (χ1v) is 12.8. The number of halogens is 1. The van der Waals surface area contributed by atoms with Crippen LogP contribution in [0.2, 0.25) is 0 Å². The van der Waals surface area contributed by atoms with Gasteiger partial charge in [-0.25, -0.2) is 0 Å². The maximum atomic E-state index is 6.45. The van der Waals surface area contributed by atoms with Gasteiger partial charge in [0.25, 0.3) is 0 Å². The van der Waals surface area contributed by atoms with E-state index in [9.17, 15) is 0 Å². The molecule has 5 aromatic carbocycles. The summed E-state index contributed by atoms with van der Waals surface area (Å²) in [5.41, 5.74) is 5.35. The number of hydrogen-bond donors (Lipinski definition) is 0. The second-order valence-corrected chi connectivity index (χ2v) is 10.7. The molecule has 0 atom stereocenters. The van der Waals surface area contributed by atoms with Gasteiger partial charge in [0.2, 0.25) is 0 Å². The summed E-state index contributed by atoms with van der Waals surface area (Å²) < 4.78 is 12.5. The Hall–Kier alpha value is -3.60. The summed E-state index contributed by atoms with van der Waals surface area (Å²) in [6.07, 6.45) is 0. The summed E-state index contributed by atoms with van der Waals surface area (Å²) in [6, 6.07) is 34.7. The molecule has 0 bridgehead atoms. The summed E-state index contributed by atoms with van der Waals surface area (Å²) in [5, 5.41) is 7.26. The van der Waals surface area contributed by atoms with E-state index in [2.05, 4.69) is 105 Å². The van der Waals surface area contributed by atoms with Gasteiger partial charge in [-0.15, -0.1) is 11.3 Å². The van der Waals surface area contributed by atoms with Crippen molar-refractivity contribution in [2.45, 2.75) is 0 Å². The number of fused-ring (bicyclic) bond motifs is 10. The van der Waals surface area contributed by atoms with Gasteiger partial charge >= 0.3 is 0 Å². The smallest absolute Gasteiger partial charge is 0.145 e. The summed E-state index contributed by atoms with van der Waals surface area (Å²) in [5.74, 6) is 0. The van der Waals surface area contributed by atoms with E-state index in [1.807, 2.05) is 23.5 Å². The van der Waals surface area contributed by atoms with Crippen LogP contribution in [0.4, 0.5) is 0 Å². The van der Waals surface area contributed by atoms with Gasteiger partial charge in [-0.2, -0.15) is 0 Å². The molecule has 0 N–H and O–H groups in total. The first-order valence-electron chi connectivity index (χ1n) is 11.2. The monoisotopic (exact) mass is 517 g/mol. The Balaban J connectivity index is 1.54. The van der Waals surface area contributed by atoms with Crippen molar-refractivity contribution in [2.75, 3.05) is 0 Å². The maximum Gasteiger partial charge on any atom is 0.145 e. The number of thiophene rings is 1. The van der Waals surface area contributed by atoms with E-state index in [1.165, 1.54) is 31.1 Å². The van der Waals surface area contributed by atoms with Gasteiger partial charge in [-0.3, -0.25) is 0 Å². The van der Waals surface area contributed by atoms with E-state index in [1.54, 1.807) is 0 Å². The molecule has 34 heavy (non-hydrogen) atoms. The molecule has 0 aliphatic rings. The van der Waals surface area contributed by atoms with Crippen molar-refractivity contribution >= 4 is 91.2 Å². The summed E-state index contributed by atoms with van der Waals surface area (Å²) in [7, 11) is 0. The van der Waals surface area contributed by atoms with Crippen LogP contribution in [0.25, 0.3) is 69.6 Å². The Bertz CT molecular complexity index is 2090. The molecule has 8 aromatic rings. The Labute approximate surface area is 206 Å². The number of para-hydroxylation sites is 1. The fourth-order valence-electron chi connectivity index (χ4n) is 5.39. The number of hydrogen-bond acceptors (Lipinski definition) is 2. The van der Waals surface area contributed by atoms with Crippen LogP contribution < -0.4 is 0 Å². The molecule has 3 heterocycles. The van der Waals surface area contributed by atoms with E-state index in [0.717, 1.165) is 43.0 Å². The van der Waals surface area contributed by atoms with Gasteiger partial charge in [0, 0.05) is 46.5 Å². The average molecular weight is 518 g/mol. The molecule has 0 saturated carbocycles. The zero-order chi connectivity index (χ0) is 22.4. The fourth-order valence-corrected chi connectivity index (χ4v) is 6.84. The van der Waals surface area contributed by atoms with Crippen LogP contribution in [0.5, 0.6) is 0 Å². The summed E-state index contributed by atoms with van der Waals surface area (Å²) >= 11 is 5.55. The van der Waals surface area contributed by atoms with Crippen molar-refractivity contribution in [3.8, 4) is 5.69 Å². The molecule has 0 amide bonds. The van der Waals surface area contributed by atoms with Crippen molar-refractivity contribution in [3.63, 3.8) is 0 Å². The number of nitrogens with zero attached hydrogens (tertiary/aromatic N) is 1. The third-order valence-corrected chi connectivity index (χ3v) is 8.50. The van der Waals surface area contributed by atoms with E-state index in [0.29, 0.717) is 0 Å². The topological polar surface area (TPSA) is 18.1 Å². The van der Waals surface area contributed by atoms with Crippen molar-refractivity contribution in [1.82, 2.24) is 4.57 Å². The van der Waals surface area contributed by atoms with Gasteiger partial charge in [0.15, 0.2) is 0 Å². The van der Waals surface area contributed by atoms with E-state index >= 15 is 0 Å². The number of rotatable bonds is 1. The second kappa shape index (κ2) is 6.72. The molecular weight excluding hydrogens is 502 g/mol. The van der Waals surface area contributed by atoms with Crippen LogP contribution >= 0.6 is 27.3 Å². The molecule has 0 radical (unpaired) electrons. The predicted molar refractivity (Wildman–Crippen MR) is 149 cm³/mol. The minimum Gasteiger partial charge on any atom is -0.455 e. The number of furan rings is 1. The van der Waals surface area contributed by atoms with Crippen molar-refractivity contribution < 1.29 is 4.42 Å². The highest BCUT2D eigenvalue weighted by atomic mass is 79.9. The molecule has 0 saturated heterocycles. The molecule has 160 valence electrons. The minimum absolute atomic E-state index is 0.923. The highest BCUT2D eigenvalue weighted by Crippen LogP contribution is 2.42. The van der Waals surface area contributed by atoms with Crippen LogP contribution in [0.15, 0.2) is 106 Å². The van der Waals surface area contributed by atoms with Crippen molar-refractivity contribution in [2.24, 2.45) is 0 Å². The van der Waals surface area contributed by atoms with Gasteiger partial charge in [-0.05, 0) is 60.7 Å². The number of benzene rings is 5. The molecule has 0 unspecified atom stereocenters. The molecule has 0 aliphatic carbocycles. The molecule has 0 spiro atoms. The van der Waals surface area contributed by atoms with E-state index < -0.39 is 0 Å². The largest absolute Gasteiger partial charge is 0.455 e. The zero-order valence-corrected chi connectivity index (χ0v) is 20.3. The third kappa shape index (κ3) is 2.44. The van der Waals surface area contributed by atoms with Crippen molar-refractivity contribution in [3.05, 3.63) is 102 Å². The lowest BCUT2D eigenvalue weighted by atomic mass is 10.1. The van der Waals surface area contributed by atoms with Gasteiger partial charge in [0.05, 0.1) is 16.4 Å². The van der Waals surface area contributed by atoms with Crippen molar-refractivity contribution in [1.29, 1.82) is 0 Å². The first-order chi connectivity index (χ1) is 16.8. The zero-order valence-electron chi connectivity index (χ0n) is 17.9. The Morgan fingerprint density at radius 1 is 0.618 bits per heavy atom. The molecule has 8 rings (SSSR count). The van der Waals surface area contributed by atoms with Gasteiger partial charge < -0.3 is 8.98 Å². The minimum atomic E-state index is 0.923. The molecule has 4 heteroatoms. The van der Waals surface area contributed by atoms with Gasteiger partial charge in [0.1, 0.15) is 11.2 Å². The van der Waals surface area contributed by atoms with E-state index in [-0.39, 0.29) is 0 Å². The highest BCUT2D eigenvalue weighted by Gasteiger charge is 2.19. The Morgan fingerprint density at radius 3 is 2.35 bits per heavy atom. The lowest BCUT2D eigenvalue weighted by Crippen LogP contribution is -1.93. The van der Waals surface area contributed by atoms with Crippen LogP contribution in [0, 0.1) is 0 Å². The molecular formula is C30H16BrNOS. The lowest BCUT2D eigenvalue weighted by molar-refractivity contribution is 0.673. The normalized spacial score (nSPS) is 12.3. The van der Waals surface area contributed by atoms with Crippen LogP contribution in [-0.2, 0) is 0 Å². The highest BCUT2D eigenvalue weighted by molar-refractivity contribution is 9.10. The predicted octanol–water partition coefficient (Wildman–Crippen LogP) is 9.81. The third-order valence-electron chi connectivity index (χ3n) is 6.85. The fraction of sp³-hybridized carbons (Fsp3) is 0. The van der Waals surface area contributed by atoms with Crippen LogP contribution in [-0.4, -0.2) is 4.57 Å². The standard InChI is InChI=1S/C30H16BrNOS/c31-17-9-12-24-23(15-17)29-25(13-11-21-19-5-1-3-7-26(19)33-30(21)29)32(24)18-10-14-28-22(16-18)20-6-2-4-8-27(20)34-28/h1-16H. The van der Waals surface area contributed by atoms with Crippen LogP contribution in [0.1, 0.15) is 0 Å². The molecule has 2 nitrogen and oxygen atoms in total. The molecule has 3 aromatic heterocycles. The van der Waals surface area contributed by atoms with Crippen LogP contribution in [0.3, 0.4) is 0 Å². The van der Waals surface area contributed by atoms with Gasteiger partial charge in [-0.1, -0.05) is 52.3 Å². The molecule has 0 aliphatic heterocycles. The second-order valence-electron chi connectivity index (χ2n) is 8.71.